The zero-order valence-electron chi connectivity index (χ0n) is 14.4. The SMILES string of the molecule is O=[N+]([O-])c1ccccc1N1CCN(Cc2ccc(OC(F)(F)F)cc2)CC1. The van der Waals surface area contributed by atoms with Crippen LogP contribution in [-0.4, -0.2) is 42.4 Å². The number of nitrogens with zero attached hydrogens (tertiary/aromatic N) is 3. The van der Waals surface area contributed by atoms with Gasteiger partial charge in [-0.2, -0.15) is 0 Å². The van der Waals surface area contributed by atoms with Crippen LogP contribution in [0.15, 0.2) is 48.5 Å². The van der Waals surface area contributed by atoms with Crippen molar-refractivity contribution >= 4 is 11.4 Å². The molecule has 144 valence electrons. The molecule has 2 aromatic carbocycles. The predicted molar refractivity (Wildman–Crippen MR) is 93.7 cm³/mol. The van der Waals surface area contributed by atoms with Crippen molar-refractivity contribution in [2.45, 2.75) is 12.9 Å². The average molecular weight is 381 g/mol. The van der Waals surface area contributed by atoms with Crippen molar-refractivity contribution in [3.63, 3.8) is 0 Å². The van der Waals surface area contributed by atoms with E-state index in [0.717, 1.165) is 5.56 Å². The van der Waals surface area contributed by atoms with Gasteiger partial charge in [0.2, 0.25) is 0 Å². The molecule has 0 atom stereocenters. The van der Waals surface area contributed by atoms with Gasteiger partial charge in [-0.3, -0.25) is 15.0 Å². The fourth-order valence-corrected chi connectivity index (χ4v) is 3.09. The highest BCUT2D eigenvalue weighted by molar-refractivity contribution is 5.63. The van der Waals surface area contributed by atoms with Crippen LogP contribution in [0.1, 0.15) is 5.56 Å². The maximum atomic E-state index is 12.2. The van der Waals surface area contributed by atoms with Crippen molar-refractivity contribution in [3.8, 4) is 5.75 Å². The normalized spacial score (nSPS) is 15.6. The quantitative estimate of drug-likeness (QED) is 0.582. The lowest BCUT2D eigenvalue weighted by Gasteiger charge is -2.35. The molecule has 0 N–H and O–H groups in total. The van der Waals surface area contributed by atoms with Crippen LogP contribution in [-0.2, 0) is 6.54 Å². The molecule has 0 saturated carbocycles. The Kier molecular flexibility index (Phi) is 5.50. The molecule has 1 aliphatic rings. The second kappa shape index (κ2) is 7.83. The summed E-state index contributed by atoms with van der Waals surface area (Å²) in [7, 11) is 0. The average Bonchev–Trinajstić information content (AvgIpc) is 2.63. The van der Waals surface area contributed by atoms with Crippen molar-refractivity contribution in [2.24, 2.45) is 0 Å². The fraction of sp³-hybridized carbons (Fsp3) is 0.333. The molecular formula is C18H18F3N3O3. The third kappa shape index (κ3) is 5.10. The molecule has 27 heavy (non-hydrogen) atoms. The van der Waals surface area contributed by atoms with E-state index >= 15 is 0 Å². The first-order chi connectivity index (χ1) is 12.8. The zero-order valence-corrected chi connectivity index (χ0v) is 14.4. The maximum absolute atomic E-state index is 12.2. The molecule has 0 unspecified atom stereocenters. The van der Waals surface area contributed by atoms with Crippen LogP contribution in [0.5, 0.6) is 5.75 Å². The Bertz CT molecular complexity index is 788. The Morgan fingerprint density at radius 2 is 1.63 bits per heavy atom. The van der Waals surface area contributed by atoms with Crippen LogP contribution in [0.25, 0.3) is 0 Å². The van der Waals surface area contributed by atoms with E-state index < -0.39 is 6.36 Å². The number of nitro benzene ring substituents is 1. The lowest BCUT2D eigenvalue weighted by atomic mass is 10.1. The second-order valence-electron chi connectivity index (χ2n) is 6.20. The number of halogens is 3. The Hall–Kier alpha value is -2.81. The van der Waals surface area contributed by atoms with E-state index in [-0.39, 0.29) is 16.4 Å². The number of piperazine rings is 1. The molecule has 0 spiro atoms. The van der Waals surface area contributed by atoms with Gasteiger partial charge >= 0.3 is 6.36 Å². The van der Waals surface area contributed by atoms with Crippen molar-refractivity contribution in [2.75, 3.05) is 31.1 Å². The van der Waals surface area contributed by atoms with E-state index in [2.05, 4.69) is 9.64 Å². The van der Waals surface area contributed by atoms with Gasteiger partial charge in [-0.25, -0.2) is 0 Å². The highest BCUT2D eigenvalue weighted by Gasteiger charge is 2.31. The number of hydrogen-bond donors (Lipinski definition) is 0. The molecule has 1 saturated heterocycles. The Morgan fingerprint density at radius 3 is 2.22 bits per heavy atom. The first kappa shape index (κ1) is 19.0. The summed E-state index contributed by atoms with van der Waals surface area (Å²) < 4.78 is 40.4. The number of alkyl halides is 3. The van der Waals surface area contributed by atoms with Gasteiger partial charge < -0.3 is 9.64 Å². The number of benzene rings is 2. The minimum absolute atomic E-state index is 0.0891. The Labute approximate surface area is 153 Å². The van der Waals surface area contributed by atoms with Crippen LogP contribution >= 0.6 is 0 Å². The molecule has 0 aromatic heterocycles. The highest BCUT2D eigenvalue weighted by atomic mass is 19.4. The van der Waals surface area contributed by atoms with Gasteiger partial charge in [0.1, 0.15) is 11.4 Å². The third-order valence-electron chi connectivity index (χ3n) is 4.35. The van der Waals surface area contributed by atoms with E-state index in [1.165, 1.54) is 18.2 Å². The first-order valence-electron chi connectivity index (χ1n) is 8.37. The summed E-state index contributed by atoms with van der Waals surface area (Å²) in [5.41, 5.74) is 1.57. The second-order valence-corrected chi connectivity index (χ2v) is 6.20. The summed E-state index contributed by atoms with van der Waals surface area (Å²) in [6.45, 7) is 3.27. The van der Waals surface area contributed by atoms with Gasteiger partial charge in [-0.15, -0.1) is 13.2 Å². The number of hydrogen-bond acceptors (Lipinski definition) is 5. The van der Waals surface area contributed by atoms with Gasteiger partial charge in [0.15, 0.2) is 0 Å². The van der Waals surface area contributed by atoms with Gasteiger partial charge in [0.25, 0.3) is 5.69 Å². The predicted octanol–water partition coefficient (Wildman–Crippen LogP) is 3.82. The lowest BCUT2D eigenvalue weighted by molar-refractivity contribution is -0.384. The Morgan fingerprint density at radius 1 is 1.00 bits per heavy atom. The molecule has 0 radical (unpaired) electrons. The van der Waals surface area contributed by atoms with Gasteiger partial charge in [-0.05, 0) is 23.8 Å². The molecule has 9 heteroatoms. The van der Waals surface area contributed by atoms with Crippen molar-refractivity contribution < 1.29 is 22.8 Å². The molecule has 0 amide bonds. The number of nitro groups is 1. The van der Waals surface area contributed by atoms with Gasteiger partial charge in [0.05, 0.1) is 4.92 Å². The van der Waals surface area contributed by atoms with Crippen LogP contribution in [0, 0.1) is 10.1 Å². The van der Waals surface area contributed by atoms with E-state index in [9.17, 15) is 23.3 Å². The summed E-state index contributed by atoms with van der Waals surface area (Å²) in [5.74, 6) is -0.243. The minimum atomic E-state index is -4.70. The fourth-order valence-electron chi connectivity index (χ4n) is 3.09. The van der Waals surface area contributed by atoms with Crippen LogP contribution in [0.4, 0.5) is 24.5 Å². The standard InChI is InChI=1S/C18H18F3N3O3/c19-18(20,21)27-15-7-5-14(6-8-15)13-22-9-11-23(12-10-22)16-3-1-2-4-17(16)24(25)26/h1-8H,9-13H2. The Balaban J connectivity index is 1.56. The van der Waals surface area contributed by atoms with Crippen molar-refractivity contribution in [3.05, 3.63) is 64.2 Å². The molecule has 1 heterocycles. The number of anilines is 1. The molecule has 1 fully saturated rings. The number of rotatable bonds is 5. The summed E-state index contributed by atoms with van der Waals surface area (Å²) >= 11 is 0. The maximum Gasteiger partial charge on any atom is 0.573 e. The molecule has 0 bridgehead atoms. The van der Waals surface area contributed by atoms with Gasteiger partial charge in [0, 0.05) is 38.8 Å². The molecule has 2 aromatic rings. The van der Waals surface area contributed by atoms with E-state index in [1.54, 1.807) is 30.3 Å². The summed E-state index contributed by atoms with van der Waals surface area (Å²) in [6.07, 6.45) is -4.70. The monoisotopic (exact) mass is 381 g/mol. The van der Waals surface area contributed by atoms with E-state index in [4.69, 9.17) is 0 Å². The largest absolute Gasteiger partial charge is 0.573 e. The summed E-state index contributed by atoms with van der Waals surface area (Å²) in [6, 6.07) is 12.5. The van der Waals surface area contributed by atoms with Crippen LogP contribution in [0.3, 0.4) is 0 Å². The molecule has 0 aliphatic carbocycles. The molecule has 1 aliphatic heterocycles. The lowest BCUT2D eigenvalue weighted by Crippen LogP contribution is -2.46. The zero-order chi connectivity index (χ0) is 19.4. The van der Waals surface area contributed by atoms with Gasteiger partial charge in [-0.1, -0.05) is 24.3 Å². The molecule has 3 rings (SSSR count). The summed E-state index contributed by atoms with van der Waals surface area (Å²) in [5, 5.41) is 11.2. The van der Waals surface area contributed by atoms with Crippen molar-refractivity contribution in [1.82, 2.24) is 4.90 Å². The molecule has 6 nitrogen and oxygen atoms in total. The van der Waals surface area contributed by atoms with Crippen molar-refractivity contribution in [1.29, 1.82) is 0 Å². The number of para-hydroxylation sites is 2. The highest BCUT2D eigenvalue weighted by Crippen LogP contribution is 2.28. The van der Waals surface area contributed by atoms with Crippen LogP contribution < -0.4 is 9.64 Å². The minimum Gasteiger partial charge on any atom is -0.406 e. The summed E-state index contributed by atoms with van der Waals surface area (Å²) in [4.78, 5) is 14.9. The first-order valence-corrected chi connectivity index (χ1v) is 8.37. The van der Waals surface area contributed by atoms with Crippen LogP contribution in [0.2, 0.25) is 0 Å². The van der Waals surface area contributed by atoms with E-state index in [0.29, 0.717) is 38.4 Å². The number of ether oxygens (including phenoxy) is 1. The molecular weight excluding hydrogens is 363 g/mol. The topological polar surface area (TPSA) is 58.9 Å². The smallest absolute Gasteiger partial charge is 0.406 e. The van der Waals surface area contributed by atoms with E-state index in [1.807, 2.05) is 4.90 Å². The third-order valence-corrected chi connectivity index (χ3v) is 4.35.